The summed E-state index contributed by atoms with van der Waals surface area (Å²) in [5, 5.41) is 0. The van der Waals surface area contributed by atoms with Crippen molar-refractivity contribution in [2.75, 3.05) is 0 Å². The number of hydrogen-bond donors (Lipinski definition) is 1. The maximum atomic E-state index is 5.49. The molecule has 0 aromatic heterocycles. The summed E-state index contributed by atoms with van der Waals surface area (Å²) in [5.41, 5.74) is 5.49. The molecule has 0 aromatic carbocycles. The Morgan fingerprint density at radius 3 is 2.57 bits per heavy atom. The average molecular weight is 289 g/mol. The van der Waals surface area contributed by atoms with Crippen LogP contribution in [0.3, 0.4) is 0 Å². The van der Waals surface area contributed by atoms with Gasteiger partial charge in [0.05, 0.1) is 0 Å². The molecule has 0 aliphatic carbocycles. The van der Waals surface area contributed by atoms with Gasteiger partial charge in [-0.05, 0) is 0 Å². The second-order valence-electron chi connectivity index (χ2n) is 1.25. The van der Waals surface area contributed by atoms with Gasteiger partial charge in [0.15, 0.2) is 0 Å². The fraction of sp³-hybridized carbons (Fsp3) is 0. The van der Waals surface area contributed by atoms with Crippen molar-refractivity contribution in [3.8, 4) is 0 Å². The topological polar surface area (TPSA) is 26.0 Å². The summed E-state index contributed by atoms with van der Waals surface area (Å²) in [7, 11) is 0. The Bertz CT molecular complexity index is 144. The van der Waals surface area contributed by atoms with Crippen molar-refractivity contribution in [3.63, 3.8) is 0 Å². The van der Waals surface area contributed by atoms with E-state index in [0.717, 1.165) is 3.33 Å². The first kappa shape index (κ1) is 5.33. The van der Waals surface area contributed by atoms with Crippen LogP contribution in [0.4, 0.5) is 0 Å². The van der Waals surface area contributed by atoms with Crippen molar-refractivity contribution in [3.05, 3.63) is 22.0 Å². The maximum absolute atomic E-state index is 5.49. The van der Waals surface area contributed by atoms with Crippen molar-refractivity contribution < 1.29 is 0 Å². The normalized spacial score (nSPS) is 17.0. The van der Waals surface area contributed by atoms with E-state index in [-0.39, 0.29) is 0 Å². The average Bonchev–Trinajstić information content (AvgIpc) is 1.69. The van der Waals surface area contributed by atoms with Crippen molar-refractivity contribution in [2.24, 2.45) is 5.73 Å². The zero-order valence-corrected chi connectivity index (χ0v) is 7.31. The van der Waals surface area contributed by atoms with E-state index < -0.39 is 22.8 Å². The zero-order valence-electron chi connectivity index (χ0n) is 3.83. The minimum absolute atomic E-state index is 0.456. The van der Waals surface area contributed by atoms with Crippen LogP contribution in [-0.2, 0) is 0 Å². The number of allylic oxidation sites excluding steroid dienone is 2. The molecule has 0 fully saturated rings. The standard InChI is InChI=1S/C5H6N.Bi/c1-2-3-4-5-6;/h1-4H,6H2;. The predicted molar refractivity (Wildman–Crippen MR) is 33.2 cm³/mol. The van der Waals surface area contributed by atoms with E-state index >= 15 is 0 Å². The van der Waals surface area contributed by atoms with Crippen LogP contribution in [0.1, 0.15) is 0 Å². The summed E-state index contributed by atoms with van der Waals surface area (Å²) < 4.78 is 3.34. The van der Waals surface area contributed by atoms with Gasteiger partial charge in [-0.1, -0.05) is 0 Å². The molecular weight excluding hydrogens is 283 g/mol. The third-order valence-electron chi connectivity index (χ3n) is 0.688. The van der Waals surface area contributed by atoms with Gasteiger partial charge < -0.3 is 0 Å². The van der Waals surface area contributed by atoms with Gasteiger partial charge >= 0.3 is 53.8 Å². The van der Waals surface area contributed by atoms with Crippen LogP contribution in [0.25, 0.3) is 0 Å². The van der Waals surface area contributed by atoms with Crippen LogP contribution in [0.5, 0.6) is 0 Å². The van der Waals surface area contributed by atoms with Gasteiger partial charge in [0, 0.05) is 0 Å². The van der Waals surface area contributed by atoms with E-state index in [1.165, 1.54) is 0 Å². The fourth-order valence-corrected chi connectivity index (χ4v) is 2.44. The molecule has 0 aromatic rings. The Labute approximate surface area is 53.9 Å². The number of rotatable bonds is 0. The molecule has 1 aliphatic rings. The van der Waals surface area contributed by atoms with E-state index in [1.54, 1.807) is 0 Å². The Morgan fingerprint density at radius 2 is 2.29 bits per heavy atom. The summed E-state index contributed by atoms with van der Waals surface area (Å²) in [4.78, 5) is 0. The van der Waals surface area contributed by atoms with Gasteiger partial charge in [0.25, 0.3) is 0 Å². The summed E-state index contributed by atoms with van der Waals surface area (Å²) in [6.45, 7) is 0. The second-order valence-corrected chi connectivity index (χ2v) is 5.42. The van der Waals surface area contributed by atoms with Crippen molar-refractivity contribution in [1.29, 1.82) is 0 Å². The van der Waals surface area contributed by atoms with Gasteiger partial charge in [-0.3, -0.25) is 0 Å². The summed E-state index contributed by atoms with van der Waals surface area (Å²) in [6.07, 6.45) is 6.06. The molecule has 0 radical (unpaired) electrons. The molecule has 0 saturated heterocycles. The Kier molecular flexibility index (Phi) is 1.90. The molecule has 1 nitrogen and oxygen atoms in total. The summed E-state index contributed by atoms with van der Waals surface area (Å²) in [5.74, 6) is 0. The van der Waals surface area contributed by atoms with Crippen LogP contribution in [0, 0.1) is 0 Å². The molecule has 2 heteroatoms. The van der Waals surface area contributed by atoms with E-state index in [4.69, 9.17) is 5.73 Å². The second kappa shape index (κ2) is 2.49. The first-order valence-corrected chi connectivity index (χ1v) is 5.81. The quantitative estimate of drug-likeness (QED) is 0.617. The Balaban J connectivity index is 2.82. The van der Waals surface area contributed by atoms with Gasteiger partial charge in [0.2, 0.25) is 0 Å². The number of nitrogens with two attached hydrogens (primary N) is 1. The molecule has 0 atom stereocenters. The molecule has 1 heterocycles. The monoisotopic (exact) mass is 289 g/mol. The van der Waals surface area contributed by atoms with Crippen molar-refractivity contribution >= 4 is 26.1 Å². The molecule has 0 bridgehead atoms. The molecule has 1 rings (SSSR count). The first-order chi connectivity index (χ1) is 3.39. The van der Waals surface area contributed by atoms with Crippen LogP contribution in [0.15, 0.2) is 22.0 Å². The van der Waals surface area contributed by atoms with E-state index in [2.05, 4.69) is 9.86 Å². The fourth-order valence-electron chi connectivity index (χ4n) is 0.376. The van der Waals surface area contributed by atoms with Crippen LogP contribution >= 0.6 is 0 Å². The number of hydrogen-bond acceptors (Lipinski definition) is 1. The van der Waals surface area contributed by atoms with Gasteiger partial charge in [-0.15, -0.1) is 0 Å². The molecule has 2 N–H and O–H groups in total. The van der Waals surface area contributed by atoms with Gasteiger partial charge in [-0.2, -0.15) is 0 Å². The van der Waals surface area contributed by atoms with Gasteiger partial charge in [0.1, 0.15) is 0 Å². The van der Waals surface area contributed by atoms with Gasteiger partial charge in [-0.25, -0.2) is 0 Å². The van der Waals surface area contributed by atoms with Crippen LogP contribution in [0.2, 0.25) is 0 Å². The molecule has 0 unspecified atom stereocenters. The van der Waals surface area contributed by atoms with E-state index in [1.807, 2.05) is 12.2 Å². The molecule has 36 valence electrons. The molecule has 7 heavy (non-hydrogen) atoms. The summed E-state index contributed by atoms with van der Waals surface area (Å²) in [6, 6.07) is 0. The van der Waals surface area contributed by atoms with E-state index in [0.29, 0.717) is 0 Å². The van der Waals surface area contributed by atoms with Crippen LogP contribution < -0.4 is 5.73 Å². The molecule has 1 aliphatic heterocycles. The molecule has 0 spiro atoms. The SMILES string of the molecule is N[C]1=[Bi][CH]=CC=C1. The molecule has 0 saturated carbocycles. The van der Waals surface area contributed by atoms with E-state index in [9.17, 15) is 0 Å². The third kappa shape index (κ3) is 1.62. The Hall–Kier alpha value is 0.193. The minimum atomic E-state index is -0.456. The first-order valence-electron chi connectivity index (χ1n) is 2.06. The van der Waals surface area contributed by atoms with Crippen LogP contribution in [-0.4, -0.2) is 26.1 Å². The van der Waals surface area contributed by atoms with Crippen molar-refractivity contribution in [2.45, 2.75) is 0 Å². The van der Waals surface area contributed by atoms with Crippen molar-refractivity contribution in [1.82, 2.24) is 0 Å². The predicted octanol–water partition coefficient (Wildman–Crippen LogP) is -0.137. The third-order valence-corrected chi connectivity index (χ3v) is 3.67. The molecular formula is C5H6BiN. The summed E-state index contributed by atoms with van der Waals surface area (Å²) >= 11 is -0.456. The zero-order chi connectivity index (χ0) is 5.11. The Morgan fingerprint density at radius 1 is 1.43 bits per heavy atom. The molecule has 0 amide bonds.